The number of nitrogens with zero attached hydrogens (tertiary/aromatic N) is 2. The molecule has 1 aromatic rings. The van der Waals surface area contributed by atoms with Gasteiger partial charge in [-0.2, -0.15) is 0 Å². The highest BCUT2D eigenvalue weighted by atomic mass is 16.5. The number of carbonyl (C=O) groups excluding carboxylic acids is 2. The number of hydrogen-bond acceptors (Lipinski definition) is 3. The lowest BCUT2D eigenvalue weighted by atomic mass is 10.1. The van der Waals surface area contributed by atoms with E-state index >= 15 is 0 Å². The topological polar surface area (TPSA) is 61.9 Å². The van der Waals surface area contributed by atoms with E-state index in [1.807, 2.05) is 55.7 Å². The number of carbonyl (C=O) groups is 2. The Kier molecular flexibility index (Phi) is 7.30. The molecule has 6 nitrogen and oxygen atoms in total. The van der Waals surface area contributed by atoms with Crippen LogP contribution in [0.15, 0.2) is 18.2 Å². The molecule has 1 aliphatic heterocycles. The molecule has 0 saturated carbocycles. The molecule has 1 aromatic carbocycles. The summed E-state index contributed by atoms with van der Waals surface area (Å²) in [4.78, 5) is 28.2. The molecule has 1 aliphatic rings. The third-order valence-electron chi connectivity index (χ3n) is 5.08. The maximum absolute atomic E-state index is 12.4. The average Bonchev–Trinajstić information content (AvgIpc) is 2.64. The number of piperidine rings is 1. The summed E-state index contributed by atoms with van der Waals surface area (Å²) in [6.45, 7) is 10.8. The summed E-state index contributed by atoms with van der Waals surface area (Å²) in [5.41, 5.74) is 2.21. The third kappa shape index (κ3) is 5.13. The van der Waals surface area contributed by atoms with E-state index in [0.29, 0.717) is 13.1 Å². The van der Waals surface area contributed by atoms with Crippen molar-refractivity contribution in [2.75, 3.05) is 32.8 Å². The fourth-order valence-corrected chi connectivity index (χ4v) is 3.20. The first-order valence-electron chi connectivity index (χ1n) is 9.48. The minimum atomic E-state index is -0.112. The van der Waals surface area contributed by atoms with Gasteiger partial charge in [0, 0.05) is 32.2 Å². The molecule has 1 heterocycles. The van der Waals surface area contributed by atoms with Gasteiger partial charge in [-0.1, -0.05) is 12.1 Å². The summed E-state index contributed by atoms with van der Waals surface area (Å²) >= 11 is 0. The van der Waals surface area contributed by atoms with Gasteiger partial charge < -0.3 is 19.9 Å². The van der Waals surface area contributed by atoms with Gasteiger partial charge in [-0.05, 0) is 57.7 Å². The lowest BCUT2D eigenvalue weighted by molar-refractivity contribution is -0.124. The number of nitrogens with one attached hydrogen (secondary N) is 1. The van der Waals surface area contributed by atoms with Crippen LogP contribution in [0.1, 0.15) is 37.8 Å². The van der Waals surface area contributed by atoms with Gasteiger partial charge in [0.15, 0.2) is 6.61 Å². The van der Waals surface area contributed by atoms with Crippen molar-refractivity contribution in [2.45, 2.75) is 46.6 Å². The summed E-state index contributed by atoms with van der Waals surface area (Å²) < 4.78 is 5.66. The number of aryl methyl sites for hydroxylation is 1. The van der Waals surface area contributed by atoms with Crippen molar-refractivity contribution in [1.82, 2.24) is 15.1 Å². The Balaban J connectivity index is 1.76. The number of hydrogen-bond donors (Lipinski definition) is 1. The molecule has 1 saturated heterocycles. The van der Waals surface area contributed by atoms with Gasteiger partial charge in [-0.15, -0.1) is 0 Å². The summed E-state index contributed by atoms with van der Waals surface area (Å²) in [5.74, 6) is 0.638. The molecule has 0 radical (unpaired) electrons. The van der Waals surface area contributed by atoms with Crippen LogP contribution in [0, 0.1) is 13.8 Å². The van der Waals surface area contributed by atoms with Gasteiger partial charge in [0.05, 0.1) is 0 Å². The number of likely N-dealkylation sites (tertiary alicyclic amines) is 1. The van der Waals surface area contributed by atoms with Crippen molar-refractivity contribution in [3.63, 3.8) is 0 Å². The summed E-state index contributed by atoms with van der Waals surface area (Å²) in [6, 6.07) is 6.03. The van der Waals surface area contributed by atoms with Crippen molar-refractivity contribution in [3.05, 3.63) is 29.3 Å². The SMILES string of the molecule is CCN(CC)C(=O)N1CCC(NC(=O)COc2cccc(C)c2C)CC1. The minimum absolute atomic E-state index is 0.0168. The van der Waals surface area contributed by atoms with Crippen molar-refractivity contribution in [3.8, 4) is 5.75 Å². The van der Waals surface area contributed by atoms with Gasteiger partial charge in [-0.25, -0.2) is 4.79 Å². The molecule has 1 N–H and O–H groups in total. The second-order valence-electron chi connectivity index (χ2n) is 6.77. The maximum Gasteiger partial charge on any atom is 0.319 e. The number of benzene rings is 1. The van der Waals surface area contributed by atoms with Crippen molar-refractivity contribution < 1.29 is 14.3 Å². The van der Waals surface area contributed by atoms with Crippen molar-refractivity contribution in [1.29, 1.82) is 0 Å². The maximum atomic E-state index is 12.4. The lowest BCUT2D eigenvalue weighted by Gasteiger charge is -2.35. The third-order valence-corrected chi connectivity index (χ3v) is 5.08. The fourth-order valence-electron chi connectivity index (χ4n) is 3.20. The molecule has 0 aromatic heterocycles. The van der Waals surface area contributed by atoms with Gasteiger partial charge in [-0.3, -0.25) is 4.79 Å². The molecular formula is C20H31N3O3. The number of ether oxygens (including phenoxy) is 1. The molecule has 2 rings (SSSR count). The second kappa shape index (κ2) is 9.46. The van der Waals surface area contributed by atoms with Gasteiger partial charge in [0.25, 0.3) is 5.91 Å². The molecule has 0 spiro atoms. The fraction of sp³-hybridized carbons (Fsp3) is 0.600. The number of amides is 3. The van der Waals surface area contributed by atoms with Crippen LogP contribution in [0.5, 0.6) is 5.75 Å². The highest BCUT2D eigenvalue weighted by Crippen LogP contribution is 2.20. The van der Waals surface area contributed by atoms with E-state index in [1.165, 1.54) is 0 Å². The number of rotatable bonds is 6. The minimum Gasteiger partial charge on any atom is -0.483 e. The van der Waals surface area contributed by atoms with Crippen molar-refractivity contribution >= 4 is 11.9 Å². The molecule has 0 atom stereocenters. The van der Waals surface area contributed by atoms with E-state index in [4.69, 9.17) is 4.74 Å². The van der Waals surface area contributed by atoms with Gasteiger partial charge in [0.2, 0.25) is 0 Å². The molecular weight excluding hydrogens is 330 g/mol. The largest absolute Gasteiger partial charge is 0.483 e. The van der Waals surface area contributed by atoms with Crippen molar-refractivity contribution in [2.24, 2.45) is 0 Å². The van der Waals surface area contributed by atoms with Crippen LogP contribution in [0.4, 0.5) is 4.79 Å². The van der Waals surface area contributed by atoms with Crippen LogP contribution in [-0.2, 0) is 4.79 Å². The quantitative estimate of drug-likeness (QED) is 0.847. The van der Waals surface area contributed by atoms with E-state index in [2.05, 4.69) is 5.32 Å². The predicted molar refractivity (Wildman–Crippen MR) is 102 cm³/mol. The van der Waals surface area contributed by atoms with E-state index in [9.17, 15) is 9.59 Å². The van der Waals surface area contributed by atoms with Crippen LogP contribution in [-0.4, -0.2) is 60.6 Å². The number of urea groups is 1. The predicted octanol–water partition coefficient (Wildman–Crippen LogP) is 2.72. The molecule has 1 fully saturated rings. The van der Waals surface area contributed by atoms with Crippen LogP contribution >= 0.6 is 0 Å². The van der Waals surface area contributed by atoms with E-state index in [1.54, 1.807) is 0 Å². The standard InChI is InChI=1S/C20H31N3O3/c1-5-22(6-2)20(25)23-12-10-17(11-13-23)21-19(24)14-26-18-9-7-8-15(3)16(18)4/h7-9,17H,5-6,10-14H2,1-4H3,(H,21,24). The molecule has 3 amide bonds. The average molecular weight is 361 g/mol. The Morgan fingerprint density at radius 2 is 1.85 bits per heavy atom. The molecule has 0 bridgehead atoms. The first-order valence-corrected chi connectivity index (χ1v) is 9.48. The molecule has 6 heteroatoms. The summed E-state index contributed by atoms with van der Waals surface area (Å²) in [6.07, 6.45) is 1.56. The Labute approximate surface area is 156 Å². The van der Waals surface area contributed by atoms with E-state index in [-0.39, 0.29) is 24.6 Å². The first-order chi connectivity index (χ1) is 12.5. The zero-order valence-corrected chi connectivity index (χ0v) is 16.4. The van der Waals surface area contributed by atoms with E-state index < -0.39 is 0 Å². The van der Waals surface area contributed by atoms with E-state index in [0.717, 1.165) is 42.8 Å². The zero-order chi connectivity index (χ0) is 19.1. The van der Waals surface area contributed by atoms with Crippen LogP contribution in [0.25, 0.3) is 0 Å². The summed E-state index contributed by atoms with van der Waals surface area (Å²) in [7, 11) is 0. The Morgan fingerprint density at radius 1 is 1.19 bits per heavy atom. The molecule has 0 unspecified atom stereocenters. The zero-order valence-electron chi connectivity index (χ0n) is 16.4. The van der Waals surface area contributed by atoms with Crippen LogP contribution in [0.3, 0.4) is 0 Å². The van der Waals surface area contributed by atoms with Gasteiger partial charge >= 0.3 is 6.03 Å². The molecule has 0 aliphatic carbocycles. The smallest absolute Gasteiger partial charge is 0.319 e. The Bertz CT molecular complexity index is 621. The van der Waals surface area contributed by atoms with Crippen LogP contribution in [0.2, 0.25) is 0 Å². The highest BCUT2D eigenvalue weighted by Gasteiger charge is 2.26. The Hall–Kier alpha value is -2.24. The normalized spacial score (nSPS) is 14.8. The van der Waals surface area contributed by atoms with Crippen LogP contribution < -0.4 is 10.1 Å². The second-order valence-corrected chi connectivity index (χ2v) is 6.77. The lowest BCUT2D eigenvalue weighted by Crippen LogP contribution is -2.51. The monoisotopic (exact) mass is 361 g/mol. The van der Waals surface area contributed by atoms with Gasteiger partial charge in [0.1, 0.15) is 5.75 Å². The summed E-state index contributed by atoms with van der Waals surface area (Å²) in [5, 5.41) is 3.02. The first kappa shape index (κ1) is 20.1. The highest BCUT2D eigenvalue weighted by molar-refractivity contribution is 5.78. The molecule has 144 valence electrons. The molecule has 26 heavy (non-hydrogen) atoms. The Morgan fingerprint density at radius 3 is 2.46 bits per heavy atom.